The van der Waals surface area contributed by atoms with E-state index in [1.165, 1.54) is 57.4 Å². The molecule has 0 bridgehead atoms. The van der Waals surface area contributed by atoms with Gasteiger partial charge in [0.1, 0.15) is 0 Å². The van der Waals surface area contributed by atoms with Gasteiger partial charge < -0.3 is 0 Å². The molecular formula is C23H44OSn. The topological polar surface area (TPSA) is 20.2 Å². The first-order valence-electron chi connectivity index (χ1n) is 10.8. The van der Waals surface area contributed by atoms with Crippen molar-refractivity contribution in [1.29, 1.82) is 0 Å². The molecule has 0 heterocycles. The Morgan fingerprint density at radius 1 is 0.840 bits per heavy atom. The molecule has 2 heteroatoms. The summed E-state index contributed by atoms with van der Waals surface area (Å²) in [6.45, 7) is 11.4. The van der Waals surface area contributed by atoms with E-state index in [9.17, 15) is 5.11 Å². The van der Waals surface area contributed by atoms with Crippen LogP contribution in [0.2, 0.25) is 13.3 Å². The first kappa shape index (κ1) is 25.0. The maximum absolute atomic E-state index is 9.77. The van der Waals surface area contributed by atoms with Crippen LogP contribution in [-0.4, -0.2) is 29.6 Å². The fourth-order valence-electron chi connectivity index (χ4n) is 3.50. The Bertz CT molecular complexity index is 373. The molecule has 0 rings (SSSR count). The summed E-state index contributed by atoms with van der Waals surface area (Å²) in [4.78, 5) is 0. The summed E-state index contributed by atoms with van der Waals surface area (Å²) in [5.74, 6) is 0. The fourth-order valence-corrected chi connectivity index (χ4v) is 19.0. The zero-order valence-corrected chi connectivity index (χ0v) is 20.5. The van der Waals surface area contributed by atoms with Gasteiger partial charge in [0.05, 0.1) is 0 Å². The monoisotopic (exact) mass is 456 g/mol. The van der Waals surface area contributed by atoms with Crippen molar-refractivity contribution in [2.45, 2.75) is 105 Å². The molecule has 0 radical (unpaired) electrons. The molecule has 0 aliphatic rings. The molecule has 1 nitrogen and oxygen atoms in total. The molecular weight excluding hydrogens is 411 g/mol. The van der Waals surface area contributed by atoms with Gasteiger partial charge in [0.25, 0.3) is 0 Å². The Balaban J connectivity index is 5.08. The predicted molar refractivity (Wildman–Crippen MR) is 118 cm³/mol. The summed E-state index contributed by atoms with van der Waals surface area (Å²) >= 11 is -2.16. The van der Waals surface area contributed by atoms with Gasteiger partial charge in [-0.25, -0.2) is 0 Å². The van der Waals surface area contributed by atoms with Gasteiger partial charge in [-0.1, -0.05) is 0 Å². The molecule has 0 amide bonds. The van der Waals surface area contributed by atoms with Crippen LogP contribution in [-0.2, 0) is 0 Å². The first-order valence-corrected chi connectivity index (χ1v) is 18.5. The third-order valence-electron chi connectivity index (χ3n) is 5.01. The van der Waals surface area contributed by atoms with E-state index in [4.69, 9.17) is 0 Å². The zero-order valence-electron chi connectivity index (χ0n) is 17.7. The second kappa shape index (κ2) is 16.2. The van der Waals surface area contributed by atoms with Crippen molar-refractivity contribution >= 4 is 18.4 Å². The van der Waals surface area contributed by atoms with E-state index in [2.05, 4.69) is 50.9 Å². The number of hydrogen-bond donors (Lipinski definition) is 1. The molecule has 0 aromatic carbocycles. The van der Waals surface area contributed by atoms with Gasteiger partial charge in [0.2, 0.25) is 0 Å². The third kappa shape index (κ3) is 12.9. The number of rotatable bonds is 15. The van der Waals surface area contributed by atoms with Gasteiger partial charge >= 0.3 is 163 Å². The SMILES string of the molecule is CCC[CH2][Sn](/[CH]=C(C)/C=C/C=C/C(O)CCC)([CH2]CCC)[CH2]CCC. The molecule has 1 atom stereocenters. The zero-order chi connectivity index (χ0) is 19.0. The Kier molecular flexibility index (Phi) is 16.2. The summed E-state index contributed by atoms with van der Waals surface area (Å²) in [5.41, 5.74) is 1.45. The van der Waals surface area contributed by atoms with Gasteiger partial charge in [-0.05, 0) is 0 Å². The van der Waals surface area contributed by atoms with Crippen molar-refractivity contribution in [3.05, 3.63) is 34.0 Å². The predicted octanol–water partition coefficient (Wildman–Crippen LogP) is 7.59. The minimum absolute atomic E-state index is 0.295. The van der Waals surface area contributed by atoms with Crippen LogP contribution in [0.1, 0.15) is 86.0 Å². The Morgan fingerprint density at radius 2 is 1.36 bits per heavy atom. The molecule has 0 aromatic heterocycles. The normalized spacial score (nSPS) is 14.7. The number of unbranched alkanes of at least 4 members (excludes halogenated alkanes) is 3. The van der Waals surface area contributed by atoms with Crippen molar-refractivity contribution in [3.8, 4) is 0 Å². The van der Waals surface area contributed by atoms with Gasteiger partial charge in [-0.15, -0.1) is 0 Å². The molecule has 0 aliphatic carbocycles. The molecule has 25 heavy (non-hydrogen) atoms. The summed E-state index contributed by atoms with van der Waals surface area (Å²) < 4.78 is 7.35. The number of allylic oxidation sites excluding steroid dienone is 4. The van der Waals surface area contributed by atoms with Crippen molar-refractivity contribution in [2.24, 2.45) is 0 Å². The molecule has 0 aliphatic heterocycles. The maximum atomic E-state index is 9.77. The van der Waals surface area contributed by atoms with Crippen LogP contribution < -0.4 is 0 Å². The summed E-state index contributed by atoms with van der Waals surface area (Å²) in [7, 11) is 0. The van der Waals surface area contributed by atoms with E-state index in [0.29, 0.717) is 0 Å². The number of hydrogen-bond acceptors (Lipinski definition) is 1. The third-order valence-corrected chi connectivity index (χ3v) is 19.6. The Morgan fingerprint density at radius 3 is 1.80 bits per heavy atom. The van der Waals surface area contributed by atoms with Crippen LogP contribution in [0.3, 0.4) is 0 Å². The van der Waals surface area contributed by atoms with Gasteiger partial charge in [0, 0.05) is 0 Å². The summed E-state index contributed by atoms with van der Waals surface area (Å²) in [6, 6.07) is 0. The molecule has 0 fully saturated rings. The summed E-state index contributed by atoms with van der Waals surface area (Å²) in [5, 5.41) is 9.77. The molecule has 146 valence electrons. The van der Waals surface area contributed by atoms with E-state index in [-0.39, 0.29) is 6.10 Å². The van der Waals surface area contributed by atoms with Gasteiger partial charge in [-0.3, -0.25) is 0 Å². The van der Waals surface area contributed by atoms with E-state index in [1.807, 2.05) is 12.2 Å². The average molecular weight is 455 g/mol. The van der Waals surface area contributed by atoms with E-state index in [1.54, 1.807) is 0 Å². The second-order valence-corrected chi connectivity index (χ2v) is 20.5. The van der Waals surface area contributed by atoms with Crippen LogP contribution in [0.25, 0.3) is 0 Å². The van der Waals surface area contributed by atoms with Crippen molar-refractivity contribution in [2.75, 3.05) is 0 Å². The van der Waals surface area contributed by atoms with Crippen molar-refractivity contribution in [3.63, 3.8) is 0 Å². The van der Waals surface area contributed by atoms with Crippen molar-refractivity contribution < 1.29 is 5.11 Å². The van der Waals surface area contributed by atoms with Crippen molar-refractivity contribution in [1.82, 2.24) is 0 Å². The van der Waals surface area contributed by atoms with Crippen LogP contribution in [0, 0.1) is 0 Å². The molecule has 0 spiro atoms. The number of aliphatic hydroxyl groups is 1. The number of aliphatic hydroxyl groups excluding tert-OH is 1. The Labute approximate surface area is 162 Å². The first-order chi connectivity index (χ1) is 12.0. The van der Waals surface area contributed by atoms with Crippen LogP contribution in [0.4, 0.5) is 0 Å². The fraction of sp³-hybridized carbons (Fsp3) is 0.739. The molecule has 1 N–H and O–H groups in total. The van der Waals surface area contributed by atoms with Crippen LogP contribution in [0.15, 0.2) is 34.0 Å². The van der Waals surface area contributed by atoms with E-state index in [0.717, 1.165) is 12.8 Å². The Hall–Kier alpha value is -0.0213. The van der Waals surface area contributed by atoms with Gasteiger partial charge in [-0.2, -0.15) is 0 Å². The molecule has 0 aromatic rings. The van der Waals surface area contributed by atoms with Crippen LogP contribution in [0.5, 0.6) is 0 Å². The van der Waals surface area contributed by atoms with E-state index < -0.39 is 18.4 Å². The van der Waals surface area contributed by atoms with E-state index >= 15 is 0 Å². The van der Waals surface area contributed by atoms with Crippen LogP contribution >= 0.6 is 0 Å². The standard InChI is InChI=1S/C11H17O.3C4H9.Sn/c1-4-7-11(12)9-6-5-8-10(2)3;3*1-3-4-2;/h2,5-6,8-9,11-12H,4,7H2,1,3H3;3*1,3-4H2,2H3;/b8-5+,9-6+,10-2?;;;;. The van der Waals surface area contributed by atoms with Gasteiger partial charge in [0.15, 0.2) is 0 Å². The molecule has 0 saturated carbocycles. The summed E-state index contributed by atoms with van der Waals surface area (Å²) in [6.07, 6.45) is 18.1. The molecule has 1 unspecified atom stereocenters. The molecule has 0 saturated heterocycles. The average Bonchev–Trinajstić information content (AvgIpc) is 2.60. The second-order valence-electron chi connectivity index (χ2n) is 7.66. The minimum atomic E-state index is -2.16. The quantitative estimate of drug-likeness (QED) is 0.199.